The zero-order valence-corrected chi connectivity index (χ0v) is 15.9. The van der Waals surface area contributed by atoms with Crippen LogP contribution in [0.15, 0.2) is 29.4 Å². The third-order valence-electron chi connectivity index (χ3n) is 5.51. The summed E-state index contributed by atoms with van der Waals surface area (Å²) in [5, 5.41) is 12.2. The van der Waals surface area contributed by atoms with Crippen molar-refractivity contribution in [1.29, 1.82) is 0 Å². The molecular weight excluding hydrogens is 324 g/mol. The SMILES string of the molecule is CC(C)(NS(C)(=O)=O)C(C)(C)c1ccc(C2CC/C(=N\O)C2)cc1. The van der Waals surface area contributed by atoms with Gasteiger partial charge in [0.2, 0.25) is 10.0 Å². The van der Waals surface area contributed by atoms with E-state index in [1.165, 1.54) is 11.8 Å². The molecule has 1 aromatic carbocycles. The fraction of sp³-hybridized carbons (Fsp3) is 0.611. The molecule has 2 N–H and O–H groups in total. The van der Waals surface area contributed by atoms with Crippen molar-refractivity contribution in [3.8, 4) is 0 Å². The molecule has 0 amide bonds. The molecule has 0 radical (unpaired) electrons. The number of hydrogen-bond acceptors (Lipinski definition) is 4. The third kappa shape index (κ3) is 3.98. The molecule has 1 saturated carbocycles. The summed E-state index contributed by atoms with van der Waals surface area (Å²) in [5.74, 6) is 0.398. The van der Waals surface area contributed by atoms with E-state index in [0.717, 1.165) is 30.5 Å². The highest BCUT2D eigenvalue weighted by molar-refractivity contribution is 7.88. The van der Waals surface area contributed by atoms with Crippen molar-refractivity contribution in [2.75, 3.05) is 6.26 Å². The molecule has 1 aromatic rings. The molecular formula is C18H28N2O3S. The largest absolute Gasteiger partial charge is 0.411 e. The highest BCUT2D eigenvalue weighted by Crippen LogP contribution is 2.37. The number of sulfonamides is 1. The van der Waals surface area contributed by atoms with Crippen LogP contribution in [0, 0.1) is 0 Å². The van der Waals surface area contributed by atoms with E-state index in [2.05, 4.69) is 34.1 Å². The maximum absolute atomic E-state index is 11.7. The molecule has 0 aromatic heterocycles. The van der Waals surface area contributed by atoms with E-state index in [-0.39, 0.29) is 5.41 Å². The highest BCUT2D eigenvalue weighted by Gasteiger charge is 2.40. The molecule has 5 nitrogen and oxygen atoms in total. The Morgan fingerprint density at radius 1 is 1.17 bits per heavy atom. The molecule has 2 rings (SSSR count). The van der Waals surface area contributed by atoms with Gasteiger partial charge < -0.3 is 5.21 Å². The Kier molecular flexibility index (Phi) is 5.11. The summed E-state index contributed by atoms with van der Waals surface area (Å²) in [4.78, 5) is 0. The molecule has 0 heterocycles. The first kappa shape index (κ1) is 18.9. The Hall–Kier alpha value is -1.40. The molecule has 1 unspecified atom stereocenters. The molecule has 1 fully saturated rings. The lowest BCUT2D eigenvalue weighted by Crippen LogP contribution is -2.55. The van der Waals surface area contributed by atoms with Gasteiger partial charge >= 0.3 is 0 Å². The van der Waals surface area contributed by atoms with Crippen LogP contribution < -0.4 is 4.72 Å². The average Bonchev–Trinajstić information content (AvgIpc) is 2.93. The second kappa shape index (κ2) is 6.48. The molecule has 0 saturated heterocycles. The van der Waals surface area contributed by atoms with Crippen molar-refractivity contribution >= 4 is 15.7 Å². The Morgan fingerprint density at radius 2 is 1.75 bits per heavy atom. The number of nitrogens with zero attached hydrogens (tertiary/aromatic N) is 1. The lowest BCUT2D eigenvalue weighted by Gasteiger charge is -2.42. The van der Waals surface area contributed by atoms with Gasteiger partial charge in [0.25, 0.3) is 0 Å². The molecule has 6 heteroatoms. The van der Waals surface area contributed by atoms with Crippen molar-refractivity contribution in [3.05, 3.63) is 35.4 Å². The van der Waals surface area contributed by atoms with Crippen molar-refractivity contribution in [2.45, 2.75) is 63.8 Å². The molecule has 1 atom stereocenters. The van der Waals surface area contributed by atoms with Crippen LogP contribution in [0.5, 0.6) is 0 Å². The fourth-order valence-electron chi connectivity index (χ4n) is 3.33. The van der Waals surface area contributed by atoms with E-state index in [1.54, 1.807) is 0 Å². The molecule has 0 aliphatic heterocycles. The predicted molar refractivity (Wildman–Crippen MR) is 97.3 cm³/mol. The van der Waals surface area contributed by atoms with E-state index < -0.39 is 15.6 Å². The Labute approximate surface area is 145 Å². The third-order valence-corrected chi connectivity index (χ3v) is 6.39. The predicted octanol–water partition coefficient (Wildman–Crippen LogP) is 3.39. The van der Waals surface area contributed by atoms with Crippen LogP contribution in [-0.2, 0) is 15.4 Å². The van der Waals surface area contributed by atoms with Crippen LogP contribution in [0.3, 0.4) is 0 Å². The van der Waals surface area contributed by atoms with Crippen LogP contribution in [0.2, 0.25) is 0 Å². The minimum atomic E-state index is -3.29. The summed E-state index contributed by atoms with van der Waals surface area (Å²) in [6.07, 6.45) is 3.84. The van der Waals surface area contributed by atoms with Gasteiger partial charge in [0, 0.05) is 11.0 Å². The van der Waals surface area contributed by atoms with Gasteiger partial charge in [-0.1, -0.05) is 43.3 Å². The summed E-state index contributed by atoms with van der Waals surface area (Å²) < 4.78 is 26.1. The van der Waals surface area contributed by atoms with Crippen LogP contribution in [0.25, 0.3) is 0 Å². The van der Waals surface area contributed by atoms with Gasteiger partial charge in [-0.15, -0.1) is 0 Å². The first-order valence-electron chi connectivity index (χ1n) is 8.25. The van der Waals surface area contributed by atoms with Gasteiger partial charge in [0.15, 0.2) is 0 Å². The normalized spacial score (nSPS) is 21.4. The van der Waals surface area contributed by atoms with Gasteiger partial charge in [-0.2, -0.15) is 0 Å². The lowest BCUT2D eigenvalue weighted by molar-refractivity contribution is 0.278. The first-order valence-corrected chi connectivity index (χ1v) is 10.1. The quantitative estimate of drug-likeness (QED) is 0.630. The van der Waals surface area contributed by atoms with Gasteiger partial charge in [0.05, 0.1) is 12.0 Å². The highest BCUT2D eigenvalue weighted by atomic mass is 32.2. The van der Waals surface area contributed by atoms with E-state index in [0.29, 0.717) is 5.92 Å². The van der Waals surface area contributed by atoms with Gasteiger partial charge in [-0.25, -0.2) is 13.1 Å². The smallest absolute Gasteiger partial charge is 0.209 e. The van der Waals surface area contributed by atoms with Gasteiger partial charge in [0.1, 0.15) is 0 Å². The number of oxime groups is 1. The summed E-state index contributed by atoms with van der Waals surface area (Å²) in [6, 6.07) is 8.38. The molecule has 0 spiro atoms. The summed E-state index contributed by atoms with van der Waals surface area (Å²) in [6.45, 7) is 7.91. The van der Waals surface area contributed by atoms with Crippen LogP contribution >= 0.6 is 0 Å². The number of benzene rings is 1. The zero-order chi connectivity index (χ0) is 18.2. The Bertz CT molecular complexity index is 719. The Morgan fingerprint density at radius 3 is 2.21 bits per heavy atom. The number of nitrogens with one attached hydrogen (secondary N) is 1. The van der Waals surface area contributed by atoms with Crippen molar-refractivity contribution in [3.63, 3.8) is 0 Å². The molecule has 24 heavy (non-hydrogen) atoms. The summed E-state index contributed by atoms with van der Waals surface area (Å²) in [5.41, 5.74) is 2.19. The molecule has 0 bridgehead atoms. The first-order chi connectivity index (χ1) is 11.0. The monoisotopic (exact) mass is 352 g/mol. The molecule has 1 aliphatic carbocycles. The van der Waals surface area contributed by atoms with Crippen LogP contribution in [-0.4, -0.2) is 31.1 Å². The molecule has 134 valence electrons. The maximum Gasteiger partial charge on any atom is 0.209 e. The van der Waals surface area contributed by atoms with E-state index >= 15 is 0 Å². The van der Waals surface area contributed by atoms with E-state index in [4.69, 9.17) is 5.21 Å². The Balaban J connectivity index is 2.23. The van der Waals surface area contributed by atoms with Crippen molar-refractivity contribution in [1.82, 2.24) is 4.72 Å². The van der Waals surface area contributed by atoms with Gasteiger partial charge in [-0.05, 0) is 50.2 Å². The number of rotatable bonds is 5. The van der Waals surface area contributed by atoms with E-state index in [1.807, 2.05) is 27.7 Å². The lowest BCUT2D eigenvalue weighted by atomic mass is 9.70. The van der Waals surface area contributed by atoms with Crippen LogP contribution in [0.1, 0.15) is 64.0 Å². The minimum Gasteiger partial charge on any atom is -0.411 e. The average molecular weight is 353 g/mol. The minimum absolute atomic E-state index is 0.373. The second-order valence-electron chi connectivity index (χ2n) is 7.85. The second-order valence-corrected chi connectivity index (χ2v) is 9.60. The van der Waals surface area contributed by atoms with E-state index in [9.17, 15) is 8.42 Å². The summed E-state index contributed by atoms with van der Waals surface area (Å²) >= 11 is 0. The molecule has 1 aliphatic rings. The topological polar surface area (TPSA) is 78.8 Å². The zero-order valence-electron chi connectivity index (χ0n) is 15.1. The van der Waals surface area contributed by atoms with Crippen molar-refractivity contribution < 1.29 is 13.6 Å². The standard InChI is InChI=1S/C18H28N2O3S/c1-17(2,18(3,4)20-24(5,22)23)15-9-6-13(7-10-15)14-8-11-16(12-14)19-21/h6-7,9-10,14,20-21H,8,11-12H2,1-5H3/b19-16+. The number of hydrogen-bond donors (Lipinski definition) is 2. The van der Waals surface area contributed by atoms with Crippen molar-refractivity contribution in [2.24, 2.45) is 5.16 Å². The fourth-order valence-corrected chi connectivity index (χ4v) is 4.51. The maximum atomic E-state index is 11.7. The van der Waals surface area contributed by atoms with Crippen LogP contribution in [0.4, 0.5) is 0 Å². The van der Waals surface area contributed by atoms with Gasteiger partial charge in [-0.3, -0.25) is 0 Å². The summed E-state index contributed by atoms with van der Waals surface area (Å²) in [7, 11) is -3.29.